The third-order valence-corrected chi connectivity index (χ3v) is 6.05. The minimum atomic E-state index is -0.953. The number of amides is 1. The highest BCUT2D eigenvalue weighted by molar-refractivity contribution is 6.51. The Bertz CT molecular complexity index is 1260. The average molecular weight is 470 g/mol. The van der Waals surface area contributed by atoms with E-state index in [1.165, 1.54) is 47.4 Å². The van der Waals surface area contributed by atoms with Crippen molar-refractivity contribution in [3.8, 4) is 0 Å². The third-order valence-electron chi connectivity index (χ3n) is 5.31. The number of carbonyl (C=O) groups is 2. The number of carbonyl (C=O) groups excluding carboxylic acids is 2. The fourth-order valence-electron chi connectivity index (χ4n) is 3.95. The number of aryl methyl sites for hydroxylation is 2. The summed E-state index contributed by atoms with van der Waals surface area (Å²) in [5.41, 5.74) is 2.93. The second kappa shape index (κ2) is 8.41. The molecule has 1 N–H and O–H groups in total. The number of hydrogen-bond acceptors (Lipinski definition) is 3. The normalized spacial score (nSPS) is 17.8. The molecule has 1 unspecified atom stereocenters. The summed E-state index contributed by atoms with van der Waals surface area (Å²) in [6.07, 6.45) is 0. The lowest BCUT2D eigenvalue weighted by molar-refractivity contribution is -0.132. The number of halogens is 3. The van der Waals surface area contributed by atoms with Crippen molar-refractivity contribution < 1.29 is 19.1 Å². The van der Waals surface area contributed by atoms with Gasteiger partial charge in [0.2, 0.25) is 0 Å². The van der Waals surface area contributed by atoms with E-state index >= 15 is 0 Å². The smallest absolute Gasteiger partial charge is 0.300 e. The van der Waals surface area contributed by atoms with Gasteiger partial charge in [0, 0.05) is 11.3 Å². The van der Waals surface area contributed by atoms with Crippen LogP contribution in [0.15, 0.2) is 66.2 Å². The van der Waals surface area contributed by atoms with Crippen LogP contribution in [0.4, 0.5) is 10.1 Å². The van der Waals surface area contributed by atoms with Crippen molar-refractivity contribution in [2.45, 2.75) is 19.9 Å². The predicted octanol–water partition coefficient (Wildman–Crippen LogP) is 6.38. The van der Waals surface area contributed by atoms with Gasteiger partial charge in [-0.3, -0.25) is 14.5 Å². The Balaban J connectivity index is 1.97. The van der Waals surface area contributed by atoms with Gasteiger partial charge in [-0.1, -0.05) is 41.4 Å². The SMILES string of the molecule is Cc1cc(C)cc(N2C(=O)C(=O)/C(=C(\O)c3ccc(Cl)c(Cl)c3)C2c2ccc(F)cc2)c1. The van der Waals surface area contributed by atoms with Crippen molar-refractivity contribution in [3.05, 3.63) is 104 Å². The van der Waals surface area contributed by atoms with E-state index in [1.807, 2.05) is 19.9 Å². The third kappa shape index (κ3) is 3.90. The number of benzene rings is 3. The fraction of sp³-hybridized carbons (Fsp3) is 0.120. The van der Waals surface area contributed by atoms with E-state index in [0.29, 0.717) is 11.3 Å². The molecule has 1 heterocycles. The van der Waals surface area contributed by atoms with Gasteiger partial charge < -0.3 is 5.11 Å². The number of ketones is 1. The lowest BCUT2D eigenvalue weighted by Crippen LogP contribution is -2.29. The van der Waals surface area contributed by atoms with Gasteiger partial charge in [0.25, 0.3) is 11.7 Å². The Kier molecular flexibility index (Phi) is 5.80. The van der Waals surface area contributed by atoms with Gasteiger partial charge in [0.1, 0.15) is 11.6 Å². The molecule has 3 aromatic carbocycles. The van der Waals surface area contributed by atoms with Crippen molar-refractivity contribution in [2.24, 2.45) is 0 Å². The molecule has 0 bridgehead atoms. The maximum Gasteiger partial charge on any atom is 0.300 e. The summed E-state index contributed by atoms with van der Waals surface area (Å²) in [7, 11) is 0. The molecule has 1 fully saturated rings. The van der Waals surface area contributed by atoms with Gasteiger partial charge in [0.05, 0.1) is 21.7 Å². The number of rotatable bonds is 3. The minimum Gasteiger partial charge on any atom is -0.507 e. The van der Waals surface area contributed by atoms with Gasteiger partial charge in [-0.05, 0) is 73.0 Å². The lowest BCUT2D eigenvalue weighted by Gasteiger charge is -2.26. The number of aliphatic hydroxyl groups excluding tert-OH is 1. The summed E-state index contributed by atoms with van der Waals surface area (Å²) >= 11 is 12.1. The quantitative estimate of drug-likeness (QED) is 0.275. The van der Waals surface area contributed by atoms with E-state index in [1.54, 1.807) is 12.1 Å². The van der Waals surface area contributed by atoms with E-state index in [9.17, 15) is 19.1 Å². The van der Waals surface area contributed by atoms with Crippen molar-refractivity contribution in [1.29, 1.82) is 0 Å². The molecule has 0 saturated carbocycles. The van der Waals surface area contributed by atoms with Crippen molar-refractivity contribution >= 4 is 46.3 Å². The minimum absolute atomic E-state index is 0.112. The van der Waals surface area contributed by atoms with Gasteiger partial charge >= 0.3 is 0 Å². The summed E-state index contributed by atoms with van der Waals surface area (Å²) in [6, 6.07) is 14.5. The monoisotopic (exact) mass is 469 g/mol. The summed E-state index contributed by atoms with van der Waals surface area (Å²) in [5, 5.41) is 11.6. The zero-order valence-corrected chi connectivity index (χ0v) is 18.7. The number of hydrogen-bond donors (Lipinski definition) is 1. The summed E-state index contributed by atoms with van der Waals surface area (Å²) in [6.45, 7) is 3.77. The van der Waals surface area contributed by atoms with Crippen LogP contribution in [0.2, 0.25) is 10.0 Å². The maximum atomic E-state index is 13.6. The first-order chi connectivity index (χ1) is 15.2. The molecule has 1 saturated heterocycles. The maximum absolute atomic E-state index is 13.6. The molecule has 1 atom stereocenters. The van der Waals surface area contributed by atoms with Crippen molar-refractivity contribution in [2.75, 3.05) is 4.90 Å². The van der Waals surface area contributed by atoms with Gasteiger partial charge in [-0.15, -0.1) is 0 Å². The Hall–Kier alpha value is -3.15. The molecule has 0 aromatic heterocycles. The Morgan fingerprint density at radius 3 is 2.12 bits per heavy atom. The molecule has 0 radical (unpaired) electrons. The highest BCUT2D eigenvalue weighted by Gasteiger charge is 2.47. The molecular formula is C25H18Cl2FNO3. The molecule has 0 aliphatic carbocycles. The highest BCUT2D eigenvalue weighted by atomic mass is 35.5. The van der Waals surface area contributed by atoms with Crippen LogP contribution < -0.4 is 4.90 Å². The average Bonchev–Trinajstić information content (AvgIpc) is 3.00. The highest BCUT2D eigenvalue weighted by Crippen LogP contribution is 2.43. The first kappa shape index (κ1) is 22.1. The molecule has 4 rings (SSSR count). The van der Waals surface area contributed by atoms with Crippen LogP contribution in [0.3, 0.4) is 0 Å². The molecule has 162 valence electrons. The summed E-state index contributed by atoms with van der Waals surface area (Å²) in [5.74, 6) is -2.47. The zero-order valence-electron chi connectivity index (χ0n) is 17.2. The Morgan fingerprint density at radius 2 is 1.53 bits per heavy atom. The van der Waals surface area contributed by atoms with E-state index in [2.05, 4.69) is 0 Å². The predicted molar refractivity (Wildman–Crippen MR) is 124 cm³/mol. The number of Topliss-reactive ketones (excluding diaryl/α,β-unsaturated/α-hetero) is 1. The molecular weight excluding hydrogens is 452 g/mol. The van der Waals surface area contributed by atoms with Crippen LogP contribution in [0.5, 0.6) is 0 Å². The van der Waals surface area contributed by atoms with Crippen LogP contribution in [-0.2, 0) is 9.59 Å². The second-order valence-corrected chi connectivity index (χ2v) is 8.51. The molecule has 7 heteroatoms. The van der Waals surface area contributed by atoms with E-state index in [0.717, 1.165) is 11.1 Å². The molecule has 1 aliphatic rings. The number of aliphatic hydroxyl groups is 1. The molecule has 0 spiro atoms. The fourth-order valence-corrected chi connectivity index (χ4v) is 4.25. The summed E-state index contributed by atoms with van der Waals surface area (Å²) in [4.78, 5) is 27.6. The molecule has 1 amide bonds. The van der Waals surface area contributed by atoms with Crippen LogP contribution >= 0.6 is 23.2 Å². The number of nitrogens with zero attached hydrogens (tertiary/aromatic N) is 1. The standard InChI is InChI=1S/C25H18Cl2FNO3/c1-13-9-14(2)11-18(10-13)29-22(15-3-6-17(28)7-4-15)21(24(31)25(29)32)23(30)16-5-8-19(26)20(27)12-16/h3-12,22,30H,1-2H3/b23-21-. The van der Waals surface area contributed by atoms with E-state index in [-0.39, 0.29) is 26.9 Å². The lowest BCUT2D eigenvalue weighted by atomic mass is 9.95. The van der Waals surface area contributed by atoms with E-state index < -0.39 is 23.5 Å². The van der Waals surface area contributed by atoms with Gasteiger partial charge in [0.15, 0.2) is 0 Å². The van der Waals surface area contributed by atoms with Crippen LogP contribution in [0.1, 0.15) is 28.3 Å². The van der Waals surface area contributed by atoms with Crippen LogP contribution in [0.25, 0.3) is 5.76 Å². The molecule has 1 aliphatic heterocycles. The second-order valence-electron chi connectivity index (χ2n) is 7.70. The number of anilines is 1. The van der Waals surface area contributed by atoms with Crippen LogP contribution in [0, 0.1) is 19.7 Å². The Labute approximate surface area is 194 Å². The summed E-state index contributed by atoms with van der Waals surface area (Å²) < 4.78 is 13.6. The molecule has 3 aromatic rings. The largest absolute Gasteiger partial charge is 0.507 e. The molecule has 4 nitrogen and oxygen atoms in total. The van der Waals surface area contributed by atoms with E-state index in [4.69, 9.17) is 23.2 Å². The topological polar surface area (TPSA) is 57.6 Å². The van der Waals surface area contributed by atoms with Gasteiger partial charge in [-0.25, -0.2) is 4.39 Å². The van der Waals surface area contributed by atoms with Crippen LogP contribution in [-0.4, -0.2) is 16.8 Å². The van der Waals surface area contributed by atoms with Crippen molar-refractivity contribution in [1.82, 2.24) is 0 Å². The Morgan fingerprint density at radius 1 is 0.906 bits per heavy atom. The van der Waals surface area contributed by atoms with Crippen molar-refractivity contribution in [3.63, 3.8) is 0 Å². The molecule has 32 heavy (non-hydrogen) atoms. The zero-order chi connectivity index (χ0) is 23.2. The first-order valence-corrected chi connectivity index (χ1v) is 10.5. The first-order valence-electron chi connectivity index (χ1n) is 9.77. The van der Waals surface area contributed by atoms with Gasteiger partial charge in [-0.2, -0.15) is 0 Å².